The predicted molar refractivity (Wildman–Crippen MR) is 102 cm³/mol. The van der Waals surface area contributed by atoms with Crippen LogP contribution in [0.4, 0.5) is 0 Å². The van der Waals surface area contributed by atoms with Crippen LogP contribution in [-0.4, -0.2) is 8.83 Å². The van der Waals surface area contributed by atoms with Gasteiger partial charge in [0.2, 0.25) is 0 Å². The van der Waals surface area contributed by atoms with Crippen LogP contribution in [0.5, 0.6) is 0 Å². The lowest BCUT2D eigenvalue weighted by Gasteiger charge is -2.18. The number of benzene rings is 2. The van der Waals surface area contributed by atoms with Gasteiger partial charge < -0.3 is 0 Å². The van der Waals surface area contributed by atoms with Crippen molar-refractivity contribution in [3.05, 3.63) is 71.8 Å². The van der Waals surface area contributed by atoms with Crippen LogP contribution in [0.2, 0.25) is 6.04 Å². The van der Waals surface area contributed by atoms with Gasteiger partial charge in [-0.3, -0.25) is 0 Å². The second-order valence-electron chi connectivity index (χ2n) is 5.97. The molecule has 118 valence electrons. The average molecular weight is 331 g/mol. The highest BCUT2D eigenvalue weighted by Gasteiger charge is 2.13. The lowest BCUT2D eigenvalue weighted by molar-refractivity contribution is 0.580. The van der Waals surface area contributed by atoms with Crippen molar-refractivity contribution >= 4 is 19.9 Å². The van der Waals surface area contributed by atoms with E-state index in [-0.39, 0.29) is 8.83 Å². The van der Waals surface area contributed by atoms with E-state index in [0.29, 0.717) is 5.92 Å². The summed E-state index contributed by atoms with van der Waals surface area (Å²) in [6.45, 7) is 0. The van der Waals surface area contributed by atoms with Crippen molar-refractivity contribution in [2.45, 2.75) is 50.5 Å². The van der Waals surface area contributed by atoms with E-state index in [1.54, 1.807) is 0 Å². The van der Waals surface area contributed by atoms with Crippen LogP contribution in [0, 0.1) is 0 Å². The van der Waals surface area contributed by atoms with E-state index in [1.807, 2.05) is 0 Å². The maximum atomic E-state index is 5.86. The molecule has 0 aliphatic carbocycles. The Morgan fingerprint density at radius 3 is 1.73 bits per heavy atom. The zero-order chi connectivity index (χ0) is 15.5. The number of rotatable bonds is 10. The maximum absolute atomic E-state index is 5.86. The molecular formula is C20H27ClSi. The molecule has 0 fully saturated rings. The first-order valence-corrected chi connectivity index (χ1v) is 11.7. The van der Waals surface area contributed by atoms with Gasteiger partial charge in [-0.05, 0) is 23.6 Å². The summed E-state index contributed by atoms with van der Waals surface area (Å²) < 4.78 is 0. The molecule has 0 aromatic heterocycles. The van der Waals surface area contributed by atoms with Crippen LogP contribution < -0.4 is 0 Å². The van der Waals surface area contributed by atoms with Gasteiger partial charge in [0, 0.05) is 5.92 Å². The van der Waals surface area contributed by atoms with Crippen LogP contribution in [0.25, 0.3) is 0 Å². The van der Waals surface area contributed by atoms with E-state index in [1.165, 1.54) is 55.7 Å². The average Bonchev–Trinajstić information content (AvgIpc) is 2.59. The Morgan fingerprint density at radius 2 is 1.18 bits per heavy atom. The summed E-state index contributed by atoms with van der Waals surface area (Å²) in [5, 5.41) is 0. The fourth-order valence-corrected chi connectivity index (χ4v) is 4.16. The lowest BCUT2D eigenvalue weighted by atomic mass is 9.87. The first-order valence-electron chi connectivity index (χ1n) is 8.57. The molecule has 0 saturated carbocycles. The van der Waals surface area contributed by atoms with Gasteiger partial charge in [0.15, 0.2) is 0 Å². The van der Waals surface area contributed by atoms with E-state index >= 15 is 0 Å². The van der Waals surface area contributed by atoms with Crippen molar-refractivity contribution in [1.82, 2.24) is 0 Å². The normalized spacial score (nSPS) is 11.5. The molecule has 22 heavy (non-hydrogen) atoms. The summed E-state index contributed by atoms with van der Waals surface area (Å²) in [6, 6.07) is 23.2. The molecule has 0 atom stereocenters. The Kier molecular flexibility index (Phi) is 8.37. The van der Waals surface area contributed by atoms with Crippen molar-refractivity contribution in [3.8, 4) is 0 Å². The number of unbranched alkanes of at least 4 members (excludes halogenated alkanes) is 4. The molecule has 0 unspecified atom stereocenters. The Bertz CT molecular complexity index is 458. The van der Waals surface area contributed by atoms with E-state index in [2.05, 4.69) is 60.7 Å². The van der Waals surface area contributed by atoms with Crippen molar-refractivity contribution < 1.29 is 0 Å². The Balaban J connectivity index is 1.87. The SMILES string of the molecule is Cl[SiH2]CCCCCCCC(c1ccccc1)c1ccccc1. The van der Waals surface area contributed by atoms with Crippen molar-refractivity contribution in [1.29, 1.82) is 0 Å². The predicted octanol–water partition coefficient (Wildman–Crippen LogP) is 5.90. The first kappa shape index (κ1) is 17.3. The van der Waals surface area contributed by atoms with Gasteiger partial charge in [-0.1, -0.05) is 92.8 Å². The molecule has 2 heteroatoms. The second kappa shape index (κ2) is 10.6. The van der Waals surface area contributed by atoms with Crippen LogP contribution in [0.1, 0.15) is 55.6 Å². The van der Waals surface area contributed by atoms with Gasteiger partial charge in [-0.15, -0.1) is 0 Å². The third kappa shape index (κ3) is 5.98. The molecular weight excluding hydrogens is 304 g/mol. The number of hydrogen-bond donors (Lipinski definition) is 0. The minimum Gasteiger partial charge on any atom is -0.176 e. The van der Waals surface area contributed by atoms with Crippen molar-refractivity contribution in [2.24, 2.45) is 0 Å². The first-order chi connectivity index (χ1) is 10.9. The molecule has 0 nitrogen and oxygen atoms in total. The maximum Gasteiger partial charge on any atom is 0.125 e. The Morgan fingerprint density at radius 1 is 0.682 bits per heavy atom. The van der Waals surface area contributed by atoms with Crippen molar-refractivity contribution in [2.75, 3.05) is 0 Å². The highest BCUT2D eigenvalue weighted by molar-refractivity contribution is 6.93. The molecule has 0 aliphatic rings. The quantitative estimate of drug-likeness (QED) is 0.289. The highest BCUT2D eigenvalue weighted by atomic mass is 35.6. The van der Waals surface area contributed by atoms with Crippen LogP contribution in [0.3, 0.4) is 0 Å². The largest absolute Gasteiger partial charge is 0.176 e. The van der Waals surface area contributed by atoms with Crippen LogP contribution >= 0.6 is 11.1 Å². The van der Waals surface area contributed by atoms with Gasteiger partial charge >= 0.3 is 0 Å². The minimum atomic E-state index is -0.236. The fourth-order valence-electron chi connectivity index (χ4n) is 3.05. The topological polar surface area (TPSA) is 0 Å². The summed E-state index contributed by atoms with van der Waals surface area (Å²) in [5.74, 6) is 0.539. The van der Waals surface area contributed by atoms with E-state index in [9.17, 15) is 0 Å². The van der Waals surface area contributed by atoms with Crippen LogP contribution in [-0.2, 0) is 0 Å². The monoisotopic (exact) mass is 330 g/mol. The smallest absolute Gasteiger partial charge is 0.125 e. The van der Waals surface area contributed by atoms with Crippen LogP contribution in [0.15, 0.2) is 60.7 Å². The van der Waals surface area contributed by atoms with Crippen molar-refractivity contribution in [3.63, 3.8) is 0 Å². The van der Waals surface area contributed by atoms with Gasteiger partial charge in [0.1, 0.15) is 8.83 Å². The molecule has 0 bridgehead atoms. The molecule has 0 aliphatic heterocycles. The molecule has 0 heterocycles. The minimum absolute atomic E-state index is 0.236. The highest BCUT2D eigenvalue weighted by Crippen LogP contribution is 2.29. The zero-order valence-electron chi connectivity index (χ0n) is 13.4. The van der Waals surface area contributed by atoms with Gasteiger partial charge in [-0.25, -0.2) is 0 Å². The third-order valence-electron chi connectivity index (χ3n) is 4.28. The third-order valence-corrected chi connectivity index (χ3v) is 5.85. The second-order valence-corrected chi connectivity index (χ2v) is 8.19. The fraction of sp³-hybridized carbons (Fsp3) is 0.400. The molecule has 2 aromatic rings. The van der Waals surface area contributed by atoms with Gasteiger partial charge in [0.05, 0.1) is 0 Å². The molecule has 0 saturated heterocycles. The molecule has 0 radical (unpaired) electrons. The van der Waals surface area contributed by atoms with E-state index in [4.69, 9.17) is 11.1 Å². The molecule has 0 amide bonds. The Labute approximate surface area is 142 Å². The summed E-state index contributed by atoms with van der Waals surface area (Å²) >= 11 is 5.86. The zero-order valence-corrected chi connectivity index (χ0v) is 15.6. The summed E-state index contributed by atoms with van der Waals surface area (Å²) in [6.07, 6.45) is 7.98. The van der Waals surface area contributed by atoms with Gasteiger partial charge in [-0.2, -0.15) is 11.1 Å². The molecule has 0 N–H and O–H groups in total. The number of halogens is 1. The summed E-state index contributed by atoms with van der Waals surface area (Å²) in [7, 11) is -0.236. The Hall–Kier alpha value is -1.05. The van der Waals surface area contributed by atoms with Gasteiger partial charge in [0.25, 0.3) is 0 Å². The molecule has 2 aromatic carbocycles. The van der Waals surface area contributed by atoms with E-state index in [0.717, 1.165) is 0 Å². The number of hydrogen-bond acceptors (Lipinski definition) is 0. The lowest BCUT2D eigenvalue weighted by Crippen LogP contribution is -2.01. The molecule has 2 rings (SSSR count). The summed E-state index contributed by atoms with van der Waals surface area (Å²) in [4.78, 5) is 0. The van der Waals surface area contributed by atoms with E-state index < -0.39 is 0 Å². The summed E-state index contributed by atoms with van der Waals surface area (Å²) in [5.41, 5.74) is 2.89. The standard InChI is InChI=1S/C20H27ClSi/c21-22-17-11-3-1-2-10-16-20(18-12-6-4-7-13-18)19-14-8-5-9-15-19/h4-9,12-15,20H,1-3,10-11,16-17,22H2. The molecule has 0 spiro atoms.